The van der Waals surface area contributed by atoms with Crippen molar-refractivity contribution in [2.45, 2.75) is 38.0 Å². The summed E-state index contributed by atoms with van der Waals surface area (Å²) in [4.78, 5) is 18.8. The molecule has 26 heavy (non-hydrogen) atoms. The Morgan fingerprint density at radius 3 is 2.92 bits per heavy atom. The summed E-state index contributed by atoms with van der Waals surface area (Å²) >= 11 is 0. The van der Waals surface area contributed by atoms with Gasteiger partial charge in [0, 0.05) is 25.7 Å². The third-order valence-corrected chi connectivity index (χ3v) is 5.63. The van der Waals surface area contributed by atoms with Crippen LogP contribution in [0, 0.1) is 5.92 Å². The third-order valence-electron chi connectivity index (χ3n) is 5.63. The van der Waals surface area contributed by atoms with E-state index in [0.717, 1.165) is 31.6 Å². The molecule has 0 saturated carbocycles. The minimum Gasteiger partial charge on any atom is -0.440 e. The number of ether oxygens (including phenoxy) is 2. The van der Waals surface area contributed by atoms with E-state index in [4.69, 9.17) is 13.9 Å². The molecule has 2 aromatic rings. The molecule has 3 aliphatic rings. The molecule has 2 aromatic heterocycles. The number of rotatable bonds is 2. The number of carbonyl (C=O) groups excluding carboxylic acids is 1. The lowest BCUT2D eigenvalue weighted by Gasteiger charge is -2.35. The molecule has 9 heteroatoms. The van der Waals surface area contributed by atoms with Crippen LogP contribution in [-0.4, -0.2) is 62.5 Å². The van der Waals surface area contributed by atoms with E-state index >= 15 is 0 Å². The molecule has 1 unspecified atom stereocenters. The quantitative estimate of drug-likeness (QED) is 0.785. The van der Waals surface area contributed by atoms with Crippen LogP contribution in [0.5, 0.6) is 0 Å². The SMILES string of the molecule is O=C(C1CCOCC1)N1CCC2(C1)Cn1c(nnc1-c1cnco1)CO2. The normalized spacial score (nSPS) is 26.4. The molecule has 5 heterocycles. The van der Waals surface area contributed by atoms with Gasteiger partial charge in [-0.1, -0.05) is 0 Å². The monoisotopic (exact) mass is 359 g/mol. The zero-order chi connectivity index (χ0) is 17.6. The Morgan fingerprint density at radius 2 is 2.12 bits per heavy atom. The molecular formula is C17H21N5O4. The Morgan fingerprint density at radius 1 is 1.23 bits per heavy atom. The van der Waals surface area contributed by atoms with Crippen LogP contribution in [0.3, 0.4) is 0 Å². The predicted molar refractivity (Wildman–Crippen MR) is 87.8 cm³/mol. The number of fused-ring (bicyclic) bond motifs is 1. The fourth-order valence-electron chi connectivity index (χ4n) is 4.15. The second-order valence-electron chi connectivity index (χ2n) is 7.26. The summed E-state index contributed by atoms with van der Waals surface area (Å²) in [6, 6.07) is 0. The minimum atomic E-state index is -0.384. The molecule has 0 bridgehead atoms. The third kappa shape index (κ3) is 2.62. The highest BCUT2D eigenvalue weighted by Gasteiger charge is 2.46. The molecule has 138 valence electrons. The first kappa shape index (κ1) is 16.0. The molecule has 2 fully saturated rings. The maximum atomic E-state index is 12.8. The number of hydrogen-bond acceptors (Lipinski definition) is 7. The predicted octanol–water partition coefficient (Wildman–Crippen LogP) is 0.861. The van der Waals surface area contributed by atoms with E-state index in [-0.39, 0.29) is 17.4 Å². The molecule has 0 N–H and O–H groups in total. The molecule has 2 saturated heterocycles. The average molecular weight is 359 g/mol. The van der Waals surface area contributed by atoms with Crippen LogP contribution in [0.4, 0.5) is 0 Å². The van der Waals surface area contributed by atoms with Gasteiger partial charge in [0.2, 0.25) is 11.7 Å². The van der Waals surface area contributed by atoms with Gasteiger partial charge < -0.3 is 23.4 Å². The molecule has 1 amide bonds. The summed E-state index contributed by atoms with van der Waals surface area (Å²) in [6.45, 7) is 3.69. The highest BCUT2D eigenvalue weighted by Crippen LogP contribution is 2.35. The van der Waals surface area contributed by atoms with Crippen LogP contribution in [0.15, 0.2) is 17.0 Å². The number of amides is 1. The molecule has 0 aliphatic carbocycles. The average Bonchev–Trinajstić information content (AvgIpc) is 3.41. The van der Waals surface area contributed by atoms with Crippen LogP contribution in [0.1, 0.15) is 25.1 Å². The molecule has 5 rings (SSSR count). The van der Waals surface area contributed by atoms with Crippen molar-refractivity contribution in [2.24, 2.45) is 5.92 Å². The first-order valence-corrected chi connectivity index (χ1v) is 9.06. The van der Waals surface area contributed by atoms with Crippen molar-refractivity contribution in [3.05, 3.63) is 18.4 Å². The lowest BCUT2D eigenvalue weighted by atomic mass is 9.98. The number of hydrogen-bond donors (Lipinski definition) is 0. The maximum Gasteiger partial charge on any atom is 0.225 e. The first-order chi connectivity index (χ1) is 12.7. The minimum absolute atomic E-state index is 0.0812. The largest absolute Gasteiger partial charge is 0.440 e. The van der Waals surface area contributed by atoms with Gasteiger partial charge in [0.25, 0.3) is 0 Å². The fourth-order valence-corrected chi connectivity index (χ4v) is 4.15. The lowest BCUT2D eigenvalue weighted by molar-refractivity contribution is -0.140. The van der Waals surface area contributed by atoms with Gasteiger partial charge in [-0.15, -0.1) is 10.2 Å². The molecule has 0 radical (unpaired) electrons. The van der Waals surface area contributed by atoms with E-state index in [2.05, 4.69) is 15.2 Å². The number of likely N-dealkylation sites (tertiary alicyclic amines) is 1. The van der Waals surface area contributed by atoms with Crippen molar-refractivity contribution in [2.75, 3.05) is 26.3 Å². The van der Waals surface area contributed by atoms with Gasteiger partial charge in [-0.3, -0.25) is 4.79 Å². The van der Waals surface area contributed by atoms with Crippen LogP contribution in [0.25, 0.3) is 11.6 Å². The number of nitrogens with zero attached hydrogens (tertiary/aromatic N) is 5. The van der Waals surface area contributed by atoms with Gasteiger partial charge in [0.05, 0.1) is 19.3 Å². The molecule has 1 atom stereocenters. The zero-order valence-corrected chi connectivity index (χ0v) is 14.5. The van der Waals surface area contributed by atoms with Crippen LogP contribution < -0.4 is 0 Å². The molecule has 0 aromatic carbocycles. The van der Waals surface area contributed by atoms with Crippen LogP contribution >= 0.6 is 0 Å². The number of oxazole rings is 1. The summed E-state index contributed by atoms with van der Waals surface area (Å²) in [6.07, 6.45) is 5.46. The van der Waals surface area contributed by atoms with Crippen LogP contribution in [-0.2, 0) is 27.4 Å². The molecule has 1 spiro atoms. The Hall–Kier alpha value is -2.26. The second kappa shape index (κ2) is 6.17. The van der Waals surface area contributed by atoms with E-state index in [1.807, 2.05) is 9.47 Å². The van der Waals surface area contributed by atoms with E-state index < -0.39 is 0 Å². The lowest BCUT2D eigenvalue weighted by Crippen LogP contribution is -2.46. The summed E-state index contributed by atoms with van der Waals surface area (Å²) in [5.41, 5.74) is -0.384. The van der Waals surface area contributed by atoms with Crippen molar-refractivity contribution in [1.82, 2.24) is 24.6 Å². The van der Waals surface area contributed by atoms with E-state index in [1.165, 1.54) is 6.39 Å². The fraction of sp³-hybridized carbons (Fsp3) is 0.647. The molecule has 9 nitrogen and oxygen atoms in total. The van der Waals surface area contributed by atoms with Crippen molar-refractivity contribution >= 4 is 5.91 Å². The summed E-state index contributed by atoms with van der Waals surface area (Å²) in [5, 5.41) is 8.43. The zero-order valence-electron chi connectivity index (χ0n) is 14.5. The highest BCUT2D eigenvalue weighted by atomic mass is 16.5. The Bertz CT molecular complexity index is 798. The maximum absolute atomic E-state index is 12.8. The topological polar surface area (TPSA) is 95.5 Å². The summed E-state index contributed by atoms with van der Waals surface area (Å²) in [5.74, 6) is 2.34. The first-order valence-electron chi connectivity index (χ1n) is 9.06. The van der Waals surface area contributed by atoms with Crippen molar-refractivity contribution in [3.63, 3.8) is 0 Å². The van der Waals surface area contributed by atoms with E-state index in [1.54, 1.807) is 6.20 Å². The second-order valence-corrected chi connectivity index (χ2v) is 7.26. The van der Waals surface area contributed by atoms with E-state index in [0.29, 0.717) is 44.5 Å². The standard InChI is InChI=1S/C17H21N5O4/c23-16(12-1-5-24-6-2-12)21-4-3-17(9-21)10-22-14(8-26-17)19-20-15(22)13-7-18-11-25-13/h7,11-12H,1-6,8-10H2. The Kier molecular flexibility index (Phi) is 3.79. The smallest absolute Gasteiger partial charge is 0.225 e. The van der Waals surface area contributed by atoms with Crippen LogP contribution in [0.2, 0.25) is 0 Å². The van der Waals surface area contributed by atoms with Gasteiger partial charge in [0.15, 0.2) is 18.0 Å². The number of aromatic nitrogens is 4. The molecular weight excluding hydrogens is 338 g/mol. The van der Waals surface area contributed by atoms with Gasteiger partial charge in [-0.05, 0) is 19.3 Å². The summed E-state index contributed by atoms with van der Waals surface area (Å²) in [7, 11) is 0. The van der Waals surface area contributed by atoms with Gasteiger partial charge >= 0.3 is 0 Å². The van der Waals surface area contributed by atoms with Gasteiger partial charge in [-0.25, -0.2) is 4.98 Å². The van der Waals surface area contributed by atoms with Crippen molar-refractivity contribution in [1.29, 1.82) is 0 Å². The van der Waals surface area contributed by atoms with Gasteiger partial charge in [0.1, 0.15) is 12.2 Å². The highest BCUT2D eigenvalue weighted by molar-refractivity contribution is 5.79. The summed E-state index contributed by atoms with van der Waals surface area (Å²) < 4.78 is 19.0. The van der Waals surface area contributed by atoms with E-state index in [9.17, 15) is 4.79 Å². The number of carbonyl (C=O) groups is 1. The van der Waals surface area contributed by atoms with Crippen molar-refractivity contribution in [3.8, 4) is 11.6 Å². The Labute approximate surface area is 150 Å². The molecule has 3 aliphatic heterocycles. The van der Waals surface area contributed by atoms with Crippen molar-refractivity contribution < 1.29 is 18.7 Å². The van der Waals surface area contributed by atoms with Gasteiger partial charge in [-0.2, -0.15) is 0 Å². The Balaban J connectivity index is 1.34.